The zero-order chi connectivity index (χ0) is 14.2. The maximum absolute atomic E-state index is 11.7. The van der Waals surface area contributed by atoms with Gasteiger partial charge in [-0.05, 0) is 24.3 Å². The van der Waals surface area contributed by atoms with Crippen LogP contribution in [0.5, 0.6) is 5.75 Å². The van der Waals surface area contributed by atoms with E-state index in [2.05, 4.69) is 15.5 Å². The molecule has 3 N–H and O–H groups in total. The van der Waals surface area contributed by atoms with E-state index in [4.69, 9.17) is 0 Å². The van der Waals surface area contributed by atoms with Crippen LogP contribution < -0.4 is 10.6 Å². The van der Waals surface area contributed by atoms with Crippen molar-refractivity contribution in [3.05, 3.63) is 24.3 Å². The number of nitrogens with one attached hydrogen (secondary N) is 2. The smallest absolute Gasteiger partial charge is 0.230 e. The first-order valence-electron chi connectivity index (χ1n) is 6.85. The number of benzene rings is 1. The van der Waals surface area contributed by atoms with Crippen LogP contribution in [0.25, 0.3) is 0 Å². The number of hydrogen-bond donors (Lipinski definition) is 3. The SMILES string of the molecule is Cl.O=C(CSc1ccc(O)cc1)NCCN1CCNCC1. The maximum Gasteiger partial charge on any atom is 0.230 e. The van der Waals surface area contributed by atoms with Crippen molar-refractivity contribution in [3.63, 3.8) is 0 Å². The Labute approximate surface area is 135 Å². The Morgan fingerprint density at radius 1 is 1.29 bits per heavy atom. The fourth-order valence-corrected chi connectivity index (χ4v) is 2.76. The van der Waals surface area contributed by atoms with Crippen molar-refractivity contribution in [2.45, 2.75) is 4.90 Å². The fourth-order valence-electron chi connectivity index (χ4n) is 2.03. The summed E-state index contributed by atoms with van der Waals surface area (Å²) < 4.78 is 0. The topological polar surface area (TPSA) is 64.6 Å². The van der Waals surface area contributed by atoms with Gasteiger partial charge in [0.15, 0.2) is 0 Å². The number of thioether (sulfide) groups is 1. The maximum atomic E-state index is 11.7. The highest BCUT2D eigenvalue weighted by Gasteiger charge is 2.09. The average molecular weight is 332 g/mol. The molecule has 1 amide bonds. The zero-order valence-corrected chi connectivity index (χ0v) is 13.5. The molecule has 0 aromatic heterocycles. The van der Waals surface area contributed by atoms with Gasteiger partial charge in [0.1, 0.15) is 5.75 Å². The number of hydrogen-bond acceptors (Lipinski definition) is 5. The molecule has 0 saturated carbocycles. The highest BCUT2D eigenvalue weighted by atomic mass is 35.5. The van der Waals surface area contributed by atoms with E-state index in [0.717, 1.165) is 37.6 Å². The van der Waals surface area contributed by atoms with Crippen LogP contribution in [0.4, 0.5) is 0 Å². The first-order chi connectivity index (χ1) is 9.74. The molecule has 21 heavy (non-hydrogen) atoms. The minimum Gasteiger partial charge on any atom is -0.508 e. The third-order valence-electron chi connectivity index (χ3n) is 3.17. The molecule has 0 spiro atoms. The van der Waals surface area contributed by atoms with Crippen LogP contribution in [0.2, 0.25) is 0 Å². The first kappa shape index (κ1) is 18.1. The lowest BCUT2D eigenvalue weighted by atomic mass is 10.3. The molecule has 1 aliphatic heterocycles. The van der Waals surface area contributed by atoms with Crippen LogP contribution in [0.15, 0.2) is 29.2 Å². The lowest BCUT2D eigenvalue weighted by Crippen LogP contribution is -2.46. The summed E-state index contributed by atoms with van der Waals surface area (Å²) in [4.78, 5) is 15.1. The van der Waals surface area contributed by atoms with E-state index in [1.807, 2.05) is 12.1 Å². The molecular formula is C14H22ClN3O2S. The molecule has 0 unspecified atom stereocenters. The number of carbonyl (C=O) groups is 1. The molecule has 0 bridgehead atoms. The van der Waals surface area contributed by atoms with Crippen LogP contribution in [0, 0.1) is 0 Å². The van der Waals surface area contributed by atoms with Crippen LogP contribution in [0.3, 0.4) is 0 Å². The first-order valence-corrected chi connectivity index (χ1v) is 7.84. The molecule has 1 aromatic rings. The van der Waals surface area contributed by atoms with Gasteiger partial charge in [-0.2, -0.15) is 0 Å². The molecule has 5 nitrogen and oxygen atoms in total. The van der Waals surface area contributed by atoms with Gasteiger partial charge in [0.05, 0.1) is 5.75 Å². The van der Waals surface area contributed by atoms with E-state index < -0.39 is 0 Å². The molecule has 2 rings (SSSR count). The van der Waals surface area contributed by atoms with Gasteiger partial charge in [-0.15, -0.1) is 24.2 Å². The van der Waals surface area contributed by atoms with Crippen molar-refractivity contribution < 1.29 is 9.90 Å². The molecule has 118 valence electrons. The Hall–Kier alpha value is -0.950. The second-order valence-corrected chi connectivity index (χ2v) is 5.77. The number of piperazine rings is 1. The summed E-state index contributed by atoms with van der Waals surface area (Å²) in [7, 11) is 0. The minimum atomic E-state index is 0. The van der Waals surface area contributed by atoms with Crippen LogP contribution in [-0.4, -0.2) is 60.9 Å². The molecule has 1 aliphatic rings. The van der Waals surface area contributed by atoms with E-state index >= 15 is 0 Å². The van der Waals surface area contributed by atoms with Gasteiger partial charge in [0.25, 0.3) is 0 Å². The molecule has 1 heterocycles. The normalized spacial score (nSPS) is 15.2. The molecule has 7 heteroatoms. The average Bonchev–Trinajstić information content (AvgIpc) is 2.48. The van der Waals surface area contributed by atoms with Crippen molar-refractivity contribution in [2.24, 2.45) is 0 Å². The van der Waals surface area contributed by atoms with E-state index in [-0.39, 0.29) is 24.1 Å². The van der Waals surface area contributed by atoms with Crippen molar-refractivity contribution in [1.29, 1.82) is 0 Å². The minimum absolute atomic E-state index is 0. The highest BCUT2D eigenvalue weighted by Crippen LogP contribution is 2.20. The summed E-state index contributed by atoms with van der Waals surface area (Å²) in [6.45, 7) is 5.79. The highest BCUT2D eigenvalue weighted by molar-refractivity contribution is 8.00. The Bertz CT molecular complexity index is 425. The predicted octanol–water partition coefficient (Wildman–Crippen LogP) is 0.927. The van der Waals surface area contributed by atoms with Crippen molar-refractivity contribution >= 4 is 30.1 Å². The number of rotatable bonds is 6. The molecule has 1 fully saturated rings. The molecule has 0 aliphatic carbocycles. The van der Waals surface area contributed by atoms with Crippen LogP contribution in [0.1, 0.15) is 0 Å². The van der Waals surface area contributed by atoms with Crippen molar-refractivity contribution in [3.8, 4) is 5.75 Å². The number of carbonyl (C=O) groups excluding carboxylic acids is 1. The third kappa shape index (κ3) is 7.04. The zero-order valence-electron chi connectivity index (χ0n) is 11.9. The number of nitrogens with zero attached hydrogens (tertiary/aromatic N) is 1. The molecule has 0 radical (unpaired) electrons. The quantitative estimate of drug-likeness (QED) is 0.677. The van der Waals surface area contributed by atoms with Gasteiger partial charge in [-0.25, -0.2) is 0 Å². The van der Waals surface area contributed by atoms with Gasteiger partial charge < -0.3 is 15.7 Å². The van der Waals surface area contributed by atoms with Crippen molar-refractivity contribution in [1.82, 2.24) is 15.5 Å². The molecule has 1 aromatic carbocycles. The summed E-state index contributed by atoms with van der Waals surface area (Å²) in [6, 6.07) is 6.89. The van der Waals surface area contributed by atoms with Crippen LogP contribution in [-0.2, 0) is 4.79 Å². The summed E-state index contributed by atoms with van der Waals surface area (Å²) >= 11 is 1.48. The molecule has 1 saturated heterocycles. The van der Waals surface area contributed by atoms with Gasteiger partial charge in [0, 0.05) is 44.2 Å². The Kier molecular flexibility index (Phi) is 8.52. The summed E-state index contributed by atoms with van der Waals surface area (Å²) in [5.41, 5.74) is 0. The number of amides is 1. The Morgan fingerprint density at radius 2 is 1.95 bits per heavy atom. The van der Waals surface area contributed by atoms with Gasteiger partial charge >= 0.3 is 0 Å². The van der Waals surface area contributed by atoms with Crippen molar-refractivity contribution in [2.75, 3.05) is 45.0 Å². The number of phenolic OH excluding ortho intramolecular Hbond substituents is 1. The second-order valence-electron chi connectivity index (χ2n) is 4.72. The molecule has 0 atom stereocenters. The summed E-state index contributed by atoms with van der Waals surface area (Å²) in [5.74, 6) is 0.708. The monoisotopic (exact) mass is 331 g/mol. The Morgan fingerprint density at radius 3 is 2.62 bits per heavy atom. The van der Waals surface area contributed by atoms with Gasteiger partial charge in [-0.3, -0.25) is 9.69 Å². The van der Waals surface area contributed by atoms with E-state index in [1.165, 1.54) is 11.8 Å². The standard InChI is InChI=1S/C14H21N3O2S.ClH/c18-12-1-3-13(4-2-12)20-11-14(19)16-7-10-17-8-5-15-6-9-17;/h1-4,15,18H,5-11H2,(H,16,19);1H. The lowest BCUT2D eigenvalue weighted by Gasteiger charge is -2.27. The fraction of sp³-hybridized carbons (Fsp3) is 0.500. The summed E-state index contributed by atoms with van der Waals surface area (Å²) in [5, 5.41) is 15.4. The van der Waals surface area contributed by atoms with Gasteiger partial charge in [0.2, 0.25) is 5.91 Å². The largest absolute Gasteiger partial charge is 0.508 e. The lowest BCUT2D eigenvalue weighted by molar-refractivity contribution is -0.118. The van der Waals surface area contributed by atoms with E-state index in [1.54, 1.807) is 12.1 Å². The number of halogens is 1. The van der Waals surface area contributed by atoms with Gasteiger partial charge in [-0.1, -0.05) is 0 Å². The predicted molar refractivity (Wildman–Crippen MR) is 88.4 cm³/mol. The number of phenols is 1. The number of aromatic hydroxyl groups is 1. The van der Waals surface area contributed by atoms with E-state index in [9.17, 15) is 9.90 Å². The molecular weight excluding hydrogens is 310 g/mol. The van der Waals surface area contributed by atoms with Crippen LogP contribution >= 0.6 is 24.2 Å². The summed E-state index contributed by atoms with van der Waals surface area (Å²) in [6.07, 6.45) is 0. The second kappa shape index (κ2) is 9.89. The van der Waals surface area contributed by atoms with E-state index in [0.29, 0.717) is 12.3 Å². The third-order valence-corrected chi connectivity index (χ3v) is 4.18. The Balaban J connectivity index is 0.00000220.